The van der Waals surface area contributed by atoms with Gasteiger partial charge in [-0.1, -0.05) is 0 Å². The maximum Gasteiger partial charge on any atom is 0.257 e. The summed E-state index contributed by atoms with van der Waals surface area (Å²) < 4.78 is 10.3. The first-order valence-electron chi connectivity index (χ1n) is 6.05. The van der Waals surface area contributed by atoms with Gasteiger partial charge in [-0.05, 0) is 18.2 Å². The van der Waals surface area contributed by atoms with Crippen molar-refractivity contribution in [2.24, 2.45) is 0 Å². The number of amides is 1. The van der Waals surface area contributed by atoms with Gasteiger partial charge >= 0.3 is 0 Å². The standard InChI is InChI=1S/C14H14N2O4S/c1-8(17)10-7-21-14(15-10)16-13(18)9-4-5-11(19-2)12(6-9)20-3/h4-7H,1-3H3,(H,15,16,18). The third-order valence-corrected chi connectivity index (χ3v) is 3.49. The minimum atomic E-state index is -0.333. The number of hydrogen-bond acceptors (Lipinski definition) is 6. The lowest BCUT2D eigenvalue weighted by Gasteiger charge is -2.09. The first-order chi connectivity index (χ1) is 10.0. The van der Waals surface area contributed by atoms with Gasteiger partial charge < -0.3 is 9.47 Å². The van der Waals surface area contributed by atoms with Crippen molar-refractivity contribution in [1.82, 2.24) is 4.98 Å². The Labute approximate surface area is 125 Å². The summed E-state index contributed by atoms with van der Waals surface area (Å²) in [4.78, 5) is 27.3. The molecule has 0 fully saturated rings. The van der Waals surface area contributed by atoms with Crippen LogP contribution in [-0.4, -0.2) is 30.9 Å². The molecule has 0 aliphatic heterocycles. The highest BCUT2D eigenvalue weighted by atomic mass is 32.1. The van der Waals surface area contributed by atoms with Gasteiger partial charge in [0.15, 0.2) is 22.4 Å². The Morgan fingerprint density at radius 2 is 1.90 bits per heavy atom. The van der Waals surface area contributed by atoms with Crippen LogP contribution in [0, 0.1) is 0 Å². The summed E-state index contributed by atoms with van der Waals surface area (Å²) in [6, 6.07) is 4.85. The molecule has 0 radical (unpaired) electrons. The molecule has 110 valence electrons. The van der Waals surface area contributed by atoms with Gasteiger partial charge in [0.05, 0.1) is 14.2 Å². The zero-order chi connectivity index (χ0) is 15.4. The number of nitrogens with zero attached hydrogens (tertiary/aromatic N) is 1. The molecule has 2 rings (SSSR count). The van der Waals surface area contributed by atoms with Crippen LogP contribution in [0.5, 0.6) is 11.5 Å². The highest BCUT2D eigenvalue weighted by Crippen LogP contribution is 2.28. The van der Waals surface area contributed by atoms with E-state index in [0.29, 0.717) is 27.9 Å². The third-order valence-electron chi connectivity index (χ3n) is 2.73. The van der Waals surface area contributed by atoms with Crippen molar-refractivity contribution in [3.05, 3.63) is 34.8 Å². The molecule has 0 unspecified atom stereocenters. The minimum absolute atomic E-state index is 0.141. The van der Waals surface area contributed by atoms with E-state index in [0.717, 1.165) is 0 Å². The monoisotopic (exact) mass is 306 g/mol. The van der Waals surface area contributed by atoms with Crippen LogP contribution in [0.1, 0.15) is 27.8 Å². The second-order valence-electron chi connectivity index (χ2n) is 4.12. The van der Waals surface area contributed by atoms with Crippen LogP contribution in [-0.2, 0) is 0 Å². The molecule has 1 amide bonds. The maximum absolute atomic E-state index is 12.1. The molecule has 2 aromatic rings. The molecule has 0 aliphatic rings. The zero-order valence-corrected chi connectivity index (χ0v) is 12.6. The van der Waals surface area contributed by atoms with Crippen LogP contribution in [0.15, 0.2) is 23.6 Å². The van der Waals surface area contributed by atoms with Gasteiger partial charge in [0.1, 0.15) is 5.69 Å². The van der Waals surface area contributed by atoms with E-state index in [-0.39, 0.29) is 11.7 Å². The molecule has 1 heterocycles. The molecule has 1 aromatic heterocycles. The number of aromatic nitrogens is 1. The number of carbonyl (C=O) groups excluding carboxylic acids is 2. The van der Waals surface area contributed by atoms with E-state index in [1.807, 2.05) is 0 Å². The Bertz CT molecular complexity index is 681. The predicted octanol–water partition coefficient (Wildman–Crippen LogP) is 2.62. The number of methoxy groups -OCH3 is 2. The Kier molecular flexibility index (Phi) is 4.54. The van der Waals surface area contributed by atoms with E-state index in [1.54, 1.807) is 23.6 Å². The van der Waals surface area contributed by atoms with E-state index in [1.165, 1.54) is 32.5 Å². The smallest absolute Gasteiger partial charge is 0.257 e. The zero-order valence-electron chi connectivity index (χ0n) is 11.8. The third kappa shape index (κ3) is 3.38. The van der Waals surface area contributed by atoms with Crippen LogP contribution >= 0.6 is 11.3 Å². The quantitative estimate of drug-likeness (QED) is 0.859. The maximum atomic E-state index is 12.1. The number of benzene rings is 1. The molecule has 7 heteroatoms. The van der Waals surface area contributed by atoms with Crippen molar-refractivity contribution in [3.8, 4) is 11.5 Å². The Hall–Kier alpha value is -2.41. The first-order valence-corrected chi connectivity index (χ1v) is 6.93. The van der Waals surface area contributed by atoms with Gasteiger partial charge in [-0.2, -0.15) is 0 Å². The highest BCUT2D eigenvalue weighted by molar-refractivity contribution is 7.14. The van der Waals surface area contributed by atoms with E-state index >= 15 is 0 Å². The van der Waals surface area contributed by atoms with Gasteiger partial charge in [-0.15, -0.1) is 11.3 Å². The van der Waals surface area contributed by atoms with Crippen LogP contribution in [0.3, 0.4) is 0 Å². The molecule has 0 spiro atoms. The lowest BCUT2D eigenvalue weighted by atomic mass is 10.2. The second-order valence-corrected chi connectivity index (χ2v) is 4.98. The molecular weight excluding hydrogens is 292 g/mol. The van der Waals surface area contributed by atoms with Crippen LogP contribution in [0.4, 0.5) is 5.13 Å². The first kappa shape index (κ1) is 15.0. The molecule has 21 heavy (non-hydrogen) atoms. The van der Waals surface area contributed by atoms with E-state index < -0.39 is 0 Å². The molecule has 1 aromatic carbocycles. The number of carbonyl (C=O) groups is 2. The van der Waals surface area contributed by atoms with Gasteiger partial charge in [-0.25, -0.2) is 4.98 Å². The number of hydrogen-bond donors (Lipinski definition) is 1. The number of ether oxygens (including phenoxy) is 2. The van der Waals surface area contributed by atoms with Crippen molar-refractivity contribution in [2.45, 2.75) is 6.92 Å². The molecular formula is C14H14N2O4S. The minimum Gasteiger partial charge on any atom is -0.493 e. The number of rotatable bonds is 5. The molecule has 6 nitrogen and oxygen atoms in total. The molecule has 0 saturated heterocycles. The topological polar surface area (TPSA) is 77.5 Å². The molecule has 0 atom stereocenters. The summed E-state index contributed by atoms with van der Waals surface area (Å²) in [7, 11) is 3.02. The predicted molar refractivity (Wildman–Crippen MR) is 79.6 cm³/mol. The van der Waals surface area contributed by atoms with Crippen molar-refractivity contribution in [2.75, 3.05) is 19.5 Å². The fraction of sp³-hybridized carbons (Fsp3) is 0.214. The average molecular weight is 306 g/mol. The molecule has 0 bridgehead atoms. The normalized spacial score (nSPS) is 10.0. The van der Waals surface area contributed by atoms with E-state index in [9.17, 15) is 9.59 Å². The van der Waals surface area contributed by atoms with Crippen molar-refractivity contribution in [1.29, 1.82) is 0 Å². The summed E-state index contributed by atoms with van der Waals surface area (Å²) in [6.07, 6.45) is 0. The van der Waals surface area contributed by atoms with Crippen LogP contribution < -0.4 is 14.8 Å². The average Bonchev–Trinajstić information content (AvgIpc) is 2.95. The number of anilines is 1. The van der Waals surface area contributed by atoms with Crippen LogP contribution in [0.25, 0.3) is 0 Å². The van der Waals surface area contributed by atoms with Gasteiger partial charge in [0, 0.05) is 17.9 Å². The Morgan fingerprint density at radius 3 is 2.48 bits per heavy atom. The fourth-order valence-corrected chi connectivity index (χ4v) is 2.38. The summed E-state index contributed by atoms with van der Waals surface area (Å²) in [5, 5.41) is 4.62. The second kappa shape index (κ2) is 6.36. The fourth-order valence-electron chi connectivity index (χ4n) is 1.64. The van der Waals surface area contributed by atoms with E-state index in [2.05, 4.69) is 10.3 Å². The summed E-state index contributed by atoms with van der Waals surface area (Å²) in [5.74, 6) is 0.536. The Balaban J connectivity index is 2.17. The molecule has 1 N–H and O–H groups in total. The van der Waals surface area contributed by atoms with Crippen molar-refractivity contribution in [3.63, 3.8) is 0 Å². The Morgan fingerprint density at radius 1 is 1.19 bits per heavy atom. The lowest BCUT2D eigenvalue weighted by Crippen LogP contribution is -2.12. The number of thiazole rings is 1. The van der Waals surface area contributed by atoms with Gasteiger partial charge in [0.2, 0.25) is 0 Å². The summed E-state index contributed by atoms with van der Waals surface area (Å²) >= 11 is 1.20. The number of nitrogens with one attached hydrogen (secondary N) is 1. The highest BCUT2D eigenvalue weighted by Gasteiger charge is 2.13. The van der Waals surface area contributed by atoms with Crippen LogP contribution in [0.2, 0.25) is 0 Å². The SMILES string of the molecule is COc1ccc(C(=O)Nc2nc(C(C)=O)cs2)cc1OC. The van der Waals surface area contributed by atoms with Crippen molar-refractivity contribution >= 4 is 28.2 Å². The lowest BCUT2D eigenvalue weighted by molar-refractivity contribution is 0.100. The summed E-state index contributed by atoms with van der Waals surface area (Å²) in [5.41, 5.74) is 0.745. The van der Waals surface area contributed by atoms with Crippen molar-refractivity contribution < 1.29 is 19.1 Å². The largest absolute Gasteiger partial charge is 0.493 e. The van der Waals surface area contributed by atoms with Gasteiger partial charge in [-0.3, -0.25) is 14.9 Å². The summed E-state index contributed by atoms with van der Waals surface area (Å²) in [6.45, 7) is 1.43. The molecule has 0 aliphatic carbocycles. The number of Topliss-reactive ketones (excluding diaryl/α,β-unsaturated/α-hetero) is 1. The molecule has 0 saturated carbocycles. The van der Waals surface area contributed by atoms with E-state index in [4.69, 9.17) is 9.47 Å². The number of ketones is 1. The van der Waals surface area contributed by atoms with Gasteiger partial charge in [0.25, 0.3) is 5.91 Å².